The summed E-state index contributed by atoms with van der Waals surface area (Å²) in [5, 5.41) is 2.62. The third kappa shape index (κ3) is 2.13. The summed E-state index contributed by atoms with van der Waals surface area (Å²) in [7, 11) is 0. The van der Waals surface area contributed by atoms with Gasteiger partial charge < -0.3 is 0 Å². The largest absolute Gasteiger partial charge is 0.244 e. The maximum atomic E-state index is 5.83. The van der Waals surface area contributed by atoms with Crippen molar-refractivity contribution in [3.63, 3.8) is 0 Å². The molecule has 0 aliphatic carbocycles. The molecule has 0 aliphatic heterocycles. The minimum Gasteiger partial charge on any atom is -0.244 e. The van der Waals surface area contributed by atoms with Gasteiger partial charge in [0.25, 0.3) is 0 Å². The zero-order valence-electron chi connectivity index (χ0n) is 8.11. The first-order valence-electron chi connectivity index (χ1n) is 4.45. The van der Waals surface area contributed by atoms with Gasteiger partial charge in [-0.25, -0.2) is 9.38 Å². The summed E-state index contributed by atoms with van der Waals surface area (Å²) in [6.45, 7) is 1.91. The van der Waals surface area contributed by atoms with E-state index in [1.54, 1.807) is 6.20 Å². The van der Waals surface area contributed by atoms with Crippen molar-refractivity contribution < 1.29 is 0 Å². The molecule has 0 radical (unpaired) electrons. The molecule has 76 valence electrons. The average molecular weight is 237 g/mol. The van der Waals surface area contributed by atoms with Gasteiger partial charge in [0.2, 0.25) is 0 Å². The molecule has 0 atom stereocenters. The maximum Gasteiger partial charge on any atom is 0.129 e. The zero-order chi connectivity index (χ0) is 10.8. The first kappa shape index (κ1) is 10.5. The Kier molecular flexibility index (Phi) is 2.93. The van der Waals surface area contributed by atoms with Crippen molar-refractivity contribution in [2.75, 3.05) is 0 Å². The van der Waals surface area contributed by atoms with E-state index in [4.69, 9.17) is 11.6 Å². The molecule has 0 bridgehead atoms. The van der Waals surface area contributed by atoms with Gasteiger partial charge in [-0.3, -0.25) is 0 Å². The number of aromatic nitrogens is 1. The van der Waals surface area contributed by atoms with E-state index in [0.717, 1.165) is 22.0 Å². The van der Waals surface area contributed by atoms with Crippen molar-refractivity contribution in [1.29, 1.82) is 0 Å². The van der Waals surface area contributed by atoms with Crippen molar-refractivity contribution in [3.8, 4) is 0 Å². The molecular formula is C11H9ClN2S. The predicted octanol–water partition coefficient (Wildman–Crippen LogP) is 3.54. The molecule has 1 aromatic heterocycles. The van der Waals surface area contributed by atoms with Crippen LogP contribution in [0.25, 0.3) is 10.8 Å². The van der Waals surface area contributed by atoms with Gasteiger partial charge in [-0.1, -0.05) is 23.7 Å². The van der Waals surface area contributed by atoms with E-state index in [-0.39, 0.29) is 0 Å². The van der Waals surface area contributed by atoms with Gasteiger partial charge in [0.1, 0.15) is 5.15 Å². The minimum atomic E-state index is 0.500. The normalized spacial score (nSPS) is 12.1. The van der Waals surface area contributed by atoms with Gasteiger partial charge in [0.15, 0.2) is 0 Å². The summed E-state index contributed by atoms with van der Waals surface area (Å²) in [5.41, 5.74) is 1.92. The lowest BCUT2D eigenvalue weighted by atomic mass is 10.1. The topological polar surface area (TPSA) is 25.2 Å². The molecule has 0 fully saturated rings. The fourth-order valence-corrected chi connectivity index (χ4v) is 1.68. The van der Waals surface area contributed by atoms with Crippen molar-refractivity contribution >= 4 is 40.9 Å². The van der Waals surface area contributed by atoms with E-state index in [1.807, 2.05) is 31.2 Å². The second kappa shape index (κ2) is 4.21. The number of hydrogen-bond acceptors (Lipinski definition) is 3. The number of nitrogens with zero attached hydrogens (tertiary/aromatic N) is 2. The van der Waals surface area contributed by atoms with Crippen LogP contribution in [-0.2, 0) is 0 Å². The van der Waals surface area contributed by atoms with Gasteiger partial charge in [-0.2, -0.15) is 0 Å². The summed E-state index contributed by atoms with van der Waals surface area (Å²) in [6.07, 6.45) is 1.76. The van der Waals surface area contributed by atoms with Crippen LogP contribution in [0.5, 0.6) is 0 Å². The highest BCUT2D eigenvalue weighted by atomic mass is 35.5. The number of pyridine rings is 1. The van der Waals surface area contributed by atoms with Crippen molar-refractivity contribution in [1.82, 2.24) is 4.98 Å². The van der Waals surface area contributed by atoms with Crippen LogP contribution in [0.2, 0.25) is 5.15 Å². The Balaban J connectivity index is 2.64. The van der Waals surface area contributed by atoms with Gasteiger partial charge >= 0.3 is 0 Å². The van der Waals surface area contributed by atoms with E-state index >= 15 is 0 Å². The van der Waals surface area contributed by atoms with Crippen molar-refractivity contribution in [2.24, 2.45) is 4.40 Å². The zero-order valence-corrected chi connectivity index (χ0v) is 9.76. The summed E-state index contributed by atoms with van der Waals surface area (Å²) in [5.74, 6) is 0. The van der Waals surface area contributed by atoms with Crippen LogP contribution in [0, 0.1) is 0 Å². The number of rotatable bonds is 1. The number of fused-ring (bicyclic) bond motifs is 1. The molecule has 0 saturated heterocycles. The molecule has 0 amide bonds. The Morgan fingerprint density at radius 3 is 2.87 bits per heavy atom. The minimum absolute atomic E-state index is 0.500. The van der Waals surface area contributed by atoms with Gasteiger partial charge in [0.05, 0.1) is 5.71 Å². The Morgan fingerprint density at radius 2 is 2.13 bits per heavy atom. The predicted molar refractivity (Wildman–Crippen MR) is 68.0 cm³/mol. The molecule has 0 aliphatic rings. The first-order valence-corrected chi connectivity index (χ1v) is 5.23. The highest BCUT2D eigenvalue weighted by molar-refractivity contribution is 7.79. The van der Waals surface area contributed by atoms with Crippen LogP contribution in [-0.4, -0.2) is 10.7 Å². The number of halogens is 1. The van der Waals surface area contributed by atoms with Crippen LogP contribution >= 0.6 is 24.4 Å². The average Bonchev–Trinajstić information content (AvgIpc) is 2.27. The summed E-state index contributed by atoms with van der Waals surface area (Å²) >= 11 is 9.72. The highest BCUT2D eigenvalue weighted by Crippen LogP contribution is 2.19. The Morgan fingerprint density at radius 1 is 1.33 bits per heavy atom. The molecule has 0 unspecified atom stereocenters. The quantitative estimate of drug-likeness (QED) is 0.457. The van der Waals surface area contributed by atoms with Crippen LogP contribution in [0.15, 0.2) is 34.9 Å². The van der Waals surface area contributed by atoms with E-state index in [9.17, 15) is 0 Å². The lowest BCUT2D eigenvalue weighted by Crippen LogP contribution is -1.92. The molecule has 2 aromatic rings. The molecule has 0 saturated carbocycles. The molecule has 0 N–H and O–H groups in total. The fraction of sp³-hybridized carbons (Fsp3) is 0.0909. The van der Waals surface area contributed by atoms with Crippen molar-refractivity contribution in [3.05, 3.63) is 41.2 Å². The number of thiol groups is 1. The summed E-state index contributed by atoms with van der Waals surface area (Å²) in [4.78, 5) is 4.02. The third-order valence-electron chi connectivity index (χ3n) is 2.26. The smallest absolute Gasteiger partial charge is 0.129 e. The van der Waals surface area contributed by atoms with Gasteiger partial charge in [0, 0.05) is 11.6 Å². The Hall–Kier alpha value is -1.06. The molecule has 2 nitrogen and oxygen atoms in total. The van der Waals surface area contributed by atoms with Gasteiger partial charge in [-0.15, -0.1) is 0 Å². The lowest BCUT2D eigenvalue weighted by Gasteiger charge is -2.02. The molecule has 2 rings (SSSR count). The Labute approximate surface area is 98.6 Å². The van der Waals surface area contributed by atoms with Crippen LogP contribution < -0.4 is 0 Å². The SMILES string of the molecule is CC(=NS)c1ccc2cnc(Cl)cc2c1. The van der Waals surface area contributed by atoms with Crippen LogP contribution in [0.4, 0.5) is 0 Å². The van der Waals surface area contributed by atoms with E-state index in [1.165, 1.54) is 0 Å². The Bertz CT molecular complexity index is 537. The molecule has 4 heteroatoms. The number of benzene rings is 1. The van der Waals surface area contributed by atoms with E-state index in [2.05, 4.69) is 22.2 Å². The summed E-state index contributed by atoms with van der Waals surface area (Å²) < 4.78 is 3.85. The lowest BCUT2D eigenvalue weighted by molar-refractivity contribution is 1.36. The third-order valence-corrected chi connectivity index (χ3v) is 2.76. The standard InChI is InChI=1S/C11H9ClN2S/c1-7(14-15)8-2-3-9-6-13-11(12)5-10(9)4-8/h2-6,15H,1H3. The van der Waals surface area contributed by atoms with Crippen LogP contribution in [0.1, 0.15) is 12.5 Å². The highest BCUT2D eigenvalue weighted by Gasteiger charge is 2.00. The summed E-state index contributed by atoms with van der Waals surface area (Å²) in [6, 6.07) is 7.85. The van der Waals surface area contributed by atoms with Gasteiger partial charge in [-0.05, 0) is 42.8 Å². The number of hydrogen-bond donors (Lipinski definition) is 1. The molecule has 15 heavy (non-hydrogen) atoms. The maximum absolute atomic E-state index is 5.83. The molecule has 1 heterocycles. The first-order chi connectivity index (χ1) is 7.20. The molecular weight excluding hydrogens is 228 g/mol. The van der Waals surface area contributed by atoms with E-state index in [0.29, 0.717) is 5.15 Å². The fourth-order valence-electron chi connectivity index (χ4n) is 1.40. The second-order valence-electron chi connectivity index (χ2n) is 3.25. The molecule has 1 aromatic carbocycles. The second-order valence-corrected chi connectivity index (χ2v) is 3.84. The monoisotopic (exact) mass is 236 g/mol. The van der Waals surface area contributed by atoms with Crippen LogP contribution in [0.3, 0.4) is 0 Å². The van der Waals surface area contributed by atoms with E-state index < -0.39 is 0 Å². The molecule has 0 spiro atoms. The van der Waals surface area contributed by atoms with Crippen molar-refractivity contribution in [2.45, 2.75) is 6.92 Å².